The molecular weight excluding hydrogens is 444 g/mol. The van der Waals surface area contributed by atoms with Crippen molar-refractivity contribution in [1.29, 1.82) is 0 Å². The Hall–Kier alpha value is -0.880. The van der Waals surface area contributed by atoms with Crippen LogP contribution >= 0.6 is 31.9 Å². The van der Waals surface area contributed by atoms with Crippen LogP contribution in [0.2, 0.25) is 0 Å². The topological polar surface area (TPSA) is 24.5 Å². The van der Waals surface area contributed by atoms with Gasteiger partial charge in [0.2, 0.25) is 0 Å². The first-order chi connectivity index (χ1) is 12.2. The highest BCUT2D eigenvalue weighted by Gasteiger charge is 2.27. The molecule has 1 saturated heterocycles. The molecule has 0 bridgehead atoms. The minimum absolute atomic E-state index is 0.162. The fourth-order valence-electron chi connectivity index (χ4n) is 3.40. The van der Waals surface area contributed by atoms with Crippen LogP contribution in [0.4, 0.5) is 0 Å². The Morgan fingerprint density at radius 1 is 1.08 bits per heavy atom. The molecule has 0 amide bonds. The highest BCUT2D eigenvalue weighted by Crippen LogP contribution is 2.39. The summed E-state index contributed by atoms with van der Waals surface area (Å²) >= 11 is 7.42. The van der Waals surface area contributed by atoms with E-state index in [9.17, 15) is 0 Å². The van der Waals surface area contributed by atoms with Crippen molar-refractivity contribution in [3.63, 3.8) is 0 Å². The largest absolute Gasteiger partial charge is 0.494 e. The normalized spacial score (nSPS) is 17.1. The van der Waals surface area contributed by atoms with Gasteiger partial charge in [0.15, 0.2) is 0 Å². The van der Waals surface area contributed by atoms with Crippen molar-refractivity contribution in [2.24, 2.45) is 0 Å². The third-order valence-electron chi connectivity index (χ3n) is 4.51. The molecule has 0 spiro atoms. The molecule has 5 heteroatoms. The molecule has 1 aliphatic heterocycles. The zero-order valence-corrected chi connectivity index (χ0v) is 17.6. The number of nitrogens with zero attached hydrogens (tertiary/aromatic N) is 1. The molecule has 0 radical (unpaired) electrons. The summed E-state index contributed by atoms with van der Waals surface area (Å²) in [6.07, 6.45) is 1.15. The number of ether oxygens (including phenoxy) is 1. The average molecular weight is 468 g/mol. The molecule has 1 heterocycles. The van der Waals surface area contributed by atoms with Crippen LogP contribution in [0.3, 0.4) is 0 Å². The molecule has 3 rings (SSSR count). The molecule has 1 aliphatic rings. The lowest BCUT2D eigenvalue weighted by Gasteiger charge is -2.33. The highest BCUT2D eigenvalue weighted by molar-refractivity contribution is 9.10. The lowest BCUT2D eigenvalue weighted by molar-refractivity contribution is 0.232. The van der Waals surface area contributed by atoms with Crippen LogP contribution < -0.4 is 10.1 Å². The summed E-state index contributed by atoms with van der Waals surface area (Å²) in [5.41, 5.74) is 2.49. The van der Waals surface area contributed by atoms with E-state index in [1.807, 2.05) is 6.92 Å². The van der Waals surface area contributed by atoms with Gasteiger partial charge < -0.3 is 10.1 Å². The SMILES string of the molecule is CCOc1ccc(Br)cc1C(c1ccccc1Br)N1CCCNCC1. The third kappa shape index (κ3) is 4.64. The van der Waals surface area contributed by atoms with Crippen molar-refractivity contribution in [2.75, 3.05) is 32.8 Å². The predicted octanol–water partition coefficient (Wildman–Crippen LogP) is 5.00. The van der Waals surface area contributed by atoms with E-state index in [1.54, 1.807) is 0 Å². The molecule has 3 nitrogen and oxygen atoms in total. The zero-order chi connectivity index (χ0) is 17.6. The summed E-state index contributed by atoms with van der Waals surface area (Å²) in [7, 11) is 0. The highest BCUT2D eigenvalue weighted by atomic mass is 79.9. The van der Waals surface area contributed by atoms with Gasteiger partial charge in [0, 0.05) is 34.1 Å². The molecule has 1 unspecified atom stereocenters. The standard InChI is InChI=1S/C20H24Br2N2O/c1-2-25-19-9-8-15(21)14-17(19)20(16-6-3-4-7-18(16)22)24-12-5-10-23-11-13-24/h3-4,6-9,14,20,23H,2,5,10-13H2,1H3. The second kappa shape index (κ2) is 9.17. The molecule has 0 aliphatic carbocycles. The second-order valence-electron chi connectivity index (χ2n) is 6.18. The molecule has 2 aromatic rings. The van der Waals surface area contributed by atoms with Gasteiger partial charge in [-0.15, -0.1) is 0 Å². The first kappa shape index (κ1) is 18.9. The smallest absolute Gasteiger partial charge is 0.124 e. The van der Waals surface area contributed by atoms with Gasteiger partial charge in [-0.25, -0.2) is 0 Å². The lowest BCUT2D eigenvalue weighted by atomic mass is 9.96. The van der Waals surface area contributed by atoms with Gasteiger partial charge in [0.25, 0.3) is 0 Å². The van der Waals surface area contributed by atoms with E-state index < -0.39 is 0 Å². The molecule has 134 valence electrons. The number of rotatable bonds is 5. The summed E-state index contributed by atoms with van der Waals surface area (Å²) in [5.74, 6) is 0.962. The number of benzene rings is 2. The molecule has 1 atom stereocenters. The Bertz CT molecular complexity index is 700. The molecular formula is C20H24Br2N2O. The number of halogens is 2. The first-order valence-corrected chi connectivity index (χ1v) is 10.4. The molecule has 25 heavy (non-hydrogen) atoms. The van der Waals surface area contributed by atoms with Crippen LogP contribution in [0.5, 0.6) is 5.75 Å². The summed E-state index contributed by atoms with van der Waals surface area (Å²) < 4.78 is 8.20. The van der Waals surface area contributed by atoms with E-state index in [2.05, 4.69) is 84.5 Å². The van der Waals surface area contributed by atoms with Gasteiger partial charge in [-0.2, -0.15) is 0 Å². The maximum absolute atomic E-state index is 5.98. The van der Waals surface area contributed by atoms with Crippen LogP contribution in [0, 0.1) is 0 Å². The summed E-state index contributed by atoms with van der Waals surface area (Å²) in [6.45, 7) is 6.88. The van der Waals surface area contributed by atoms with Crippen LogP contribution in [0.25, 0.3) is 0 Å². The average Bonchev–Trinajstić information content (AvgIpc) is 2.89. The van der Waals surface area contributed by atoms with Gasteiger partial charge in [0.1, 0.15) is 5.75 Å². The van der Waals surface area contributed by atoms with Crippen molar-refractivity contribution >= 4 is 31.9 Å². The Morgan fingerprint density at radius 3 is 2.72 bits per heavy atom. The maximum Gasteiger partial charge on any atom is 0.124 e. The van der Waals surface area contributed by atoms with Crippen molar-refractivity contribution in [3.05, 3.63) is 62.5 Å². The maximum atomic E-state index is 5.98. The van der Waals surface area contributed by atoms with E-state index in [-0.39, 0.29) is 6.04 Å². The first-order valence-electron chi connectivity index (χ1n) is 8.82. The minimum Gasteiger partial charge on any atom is -0.494 e. The number of nitrogens with one attached hydrogen (secondary N) is 1. The van der Waals surface area contributed by atoms with Gasteiger partial charge in [-0.1, -0.05) is 50.1 Å². The van der Waals surface area contributed by atoms with Crippen LogP contribution in [0.1, 0.15) is 30.5 Å². The Kier molecular flexibility index (Phi) is 6.93. The monoisotopic (exact) mass is 466 g/mol. The van der Waals surface area contributed by atoms with Crippen molar-refractivity contribution < 1.29 is 4.74 Å². The third-order valence-corrected chi connectivity index (χ3v) is 5.72. The van der Waals surface area contributed by atoms with Gasteiger partial charge in [0.05, 0.1) is 12.6 Å². The number of hydrogen-bond acceptors (Lipinski definition) is 3. The minimum atomic E-state index is 0.162. The Morgan fingerprint density at radius 2 is 1.92 bits per heavy atom. The summed E-state index contributed by atoms with van der Waals surface area (Å²) in [5, 5.41) is 3.51. The molecule has 0 saturated carbocycles. The van der Waals surface area contributed by atoms with Crippen LogP contribution in [-0.4, -0.2) is 37.7 Å². The Labute approximate surface area is 167 Å². The van der Waals surface area contributed by atoms with E-state index in [0.29, 0.717) is 6.61 Å². The van der Waals surface area contributed by atoms with Crippen molar-refractivity contribution in [2.45, 2.75) is 19.4 Å². The quantitative estimate of drug-likeness (QED) is 0.669. The predicted molar refractivity (Wildman–Crippen MR) is 110 cm³/mol. The molecule has 1 fully saturated rings. The van der Waals surface area contributed by atoms with E-state index >= 15 is 0 Å². The molecule has 1 N–H and O–H groups in total. The van der Waals surface area contributed by atoms with E-state index in [4.69, 9.17) is 4.74 Å². The fourth-order valence-corrected chi connectivity index (χ4v) is 4.28. The van der Waals surface area contributed by atoms with Gasteiger partial charge in [-0.3, -0.25) is 4.90 Å². The van der Waals surface area contributed by atoms with Crippen LogP contribution in [0.15, 0.2) is 51.4 Å². The van der Waals surface area contributed by atoms with Crippen molar-refractivity contribution in [3.8, 4) is 5.75 Å². The van der Waals surface area contributed by atoms with Crippen LogP contribution in [-0.2, 0) is 0 Å². The number of hydrogen-bond donors (Lipinski definition) is 1. The van der Waals surface area contributed by atoms with Gasteiger partial charge >= 0.3 is 0 Å². The second-order valence-corrected chi connectivity index (χ2v) is 7.95. The summed E-state index contributed by atoms with van der Waals surface area (Å²) in [6, 6.07) is 15.0. The molecule has 2 aromatic carbocycles. The summed E-state index contributed by atoms with van der Waals surface area (Å²) in [4.78, 5) is 2.56. The fraction of sp³-hybridized carbons (Fsp3) is 0.400. The van der Waals surface area contributed by atoms with Crippen molar-refractivity contribution in [1.82, 2.24) is 10.2 Å². The van der Waals surface area contributed by atoms with E-state index in [0.717, 1.165) is 47.3 Å². The van der Waals surface area contributed by atoms with E-state index in [1.165, 1.54) is 11.1 Å². The lowest BCUT2D eigenvalue weighted by Crippen LogP contribution is -2.33. The zero-order valence-electron chi connectivity index (χ0n) is 14.5. The molecule has 0 aromatic heterocycles. The Balaban J connectivity index is 2.11. The van der Waals surface area contributed by atoms with Gasteiger partial charge in [-0.05, 0) is 49.7 Å².